The molecule has 0 atom stereocenters. The van der Waals surface area contributed by atoms with E-state index in [1.54, 1.807) is 14.2 Å². The zero-order valence-corrected chi connectivity index (χ0v) is 22.1. The molecule has 1 fully saturated rings. The van der Waals surface area contributed by atoms with Gasteiger partial charge in [-0.05, 0) is 48.2 Å². The maximum Gasteiger partial charge on any atom is 0.194 e. The van der Waals surface area contributed by atoms with Crippen LogP contribution >= 0.6 is 24.0 Å². The fraction of sp³-hybridized carbons (Fsp3) is 0.480. The molecule has 2 heterocycles. The van der Waals surface area contributed by atoms with Crippen LogP contribution in [0, 0.1) is 0 Å². The average Bonchev–Trinajstić information content (AvgIpc) is 2.86. The highest BCUT2D eigenvalue weighted by molar-refractivity contribution is 14.0. The summed E-state index contributed by atoms with van der Waals surface area (Å²) >= 11 is 0. The van der Waals surface area contributed by atoms with Crippen molar-refractivity contribution in [1.29, 1.82) is 0 Å². The normalized spacial score (nSPS) is 16.0. The van der Waals surface area contributed by atoms with Gasteiger partial charge in [-0.2, -0.15) is 0 Å². The van der Waals surface area contributed by atoms with E-state index < -0.39 is 0 Å². The van der Waals surface area contributed by atoms with Crippen LogP contribution in [0.15, 0.2) is 41.4 Å². The third-order valence-corrected chi connectivity index (χ3v) is 6.10. The first-order chi connectivity index (χ1) is 15.7. The minimum Gasteiger partial charge on any atom is -0.493 e. The predicted octanol–water partition coefficient (Wildman–Crippen LogP) is 3.68. The maximum atomic E-state index is 5.53. The summed E-state index contributed by atoms with van der Waals surface area (Å²) < 4.78 is 16.5. The van der Waals surface area contributed by atoms with E-state index in [2.05, 4.69) is 58.4 Å². The number of rotatable bonds is 6. The lowest BCUT2D eigenvalue weighted by Gasteiger charge is -2.32. The van der Waals surface area contributed by atoms with Gasteiger partial charge in [-0.3, -0.25) is 0 Å². The van der Waals surface area contributed by atoms with Crippen molar-refractivity contribution >= 4 is 35.6 Å². The number of guanidine groups is 1. The number of halogens is 1. The number of anilines is 1. The largest absolute Gasteiger partial charge is 0.493 e. The van der Waals surface area contributed by atoms with Gasteiger partial charge < -0.3 is 29.3 Å². The summed E-state index contributed by atoms with van der Waals surface area (Å²) in [5, 5.41) is 3.49. The number of hydrogen-bond donors (Lipinski definition) is 1. The highest BCUT2D eigenvalue weighted by Gasteiger charge is 2.22. The number of nitrogens with zero attached hydrogens (tertiary/aromatic N) is 3. The minimum atomic E-state index is 0. The number of morpholine rings is 1. The Morgan fingerprint density at radius 2 is 1.73 bits per heavy atom. The molecule has 2 aromatic rings. The molecule has 0 unspecified atom stereocenters. The molecule has 8 heteroatoms. The van der Waals surface area contributed by atoms with Crippen molar-refractivity contribution < 1.29 is 14.2 Å². The van der Waals surface area contributed by atoms with Gasteiger partial charge in [0.2, 0.25) is 0 Å². The van der Waals surface area contributed by atoms with Crippen molar-refractivity contribution in [2.75, 3.05) is 58.5 Å². The Labute approximate surface area is 214 Å². The monoisotopic (exact) mass is 566 g/mol. The Morgan fingerprint density at radius 1 is 1.03 bits per heavy atom. The molecule has 180 valence electrons. The van der Waals surface area contributed by atoms with E-state index in [0.717, 1.165) is 69.8 Å². The van der Waals surface area contributed by atoms with Gasteiger partial charge in [0, 0.05) is 38.4 Å². The van der Waals surface area contributed by atoms with Crippen LogP contribution in [0.4, 0.5) is 5.69 Å². The quantitative estimate of drug-likeness (QED) is 0.327. The first-order valence-corrected chi connectivity index (χ1v) is 11.4. The molecule has 0 saturated carbocycles. The van der Waals surface area contributed by atoms with Gasteiger partial charge in [0.05, 0.1) is 34.0 Å². The molecule has 1 saturated heterocycles. The number of para-hydroxylation sites is 1. The lowest BCUT2D eigenvalue weighted by atomic mass is 9.99. The molecule has 4 rings (SSSR count). The lowest BCUT2D eigenvalue weighted by Crippen LogP contribution is -2.44. The van der Waals surface area contributed by atoms with Gasteiger partial charge >= 0.3 is 0 Å². The van der Waals surface area contributed by atoms with Crippen LogP contribution in [-0.2, 0) is 24.2 Å². The van der Waals surface area contributed by atoms with E-state index in [1.165, 1.54) is 22.4 Å². The minimum absolute atomic E-state index is 0. The third-order valence-electron chi connectivity index (χ3n) is 6.10. The fourth-order valence-electron chi connectivity index (χ4n) is 4.41. The Kier molecular flexibility index (Phi) is 9.49. The second-order valence-corrected chi connectivity index (χ2v) is 8.05. The van der Waals surface area contributed by atoms with E-state index in [9.17, 15) is 0 Å². The second kappa shape index (κ2) is 12.3. The topological polar surface area (TPSA) is 58.6 Å². The van der Waals surface area contributed by atoms with Crippen LogP contribution in [0.25, 0.3) is 0 Å². The van der Waals surface area contributed by atoms with E-state index >= 15 is 0 Å². The Balaban J connectivity index is 0.00000306. The summed E-state index contributed by atoms with van der Waals surface area (Å²) in [6.45, 7) is 8.72. The summed E-state index contributed by atoms with van der Waals surface area (Å²) in [5.74, 6) is 2.51. The van der Waals surface area contributed by atoms with Gasteiger partial charge in [0.25, 0.3) is 0 Å². The average molecular weight is 566 g/mol. The molecular weight excluding hydrogens is 531 g/mol. The number of nitrogens with one attached hydrogen (secondary N) is 1. The Morgan fingerprint density at radius 3 is 2.42 bits per heavy atom. The molecule has 0 spiro atoms. The summed E-state index contributed by atoms with van der Waals surface area (Å²) in [6, 6.07) is 12.8. The highest BCUT2D eigenvalue weighted by atomic mass is 127. The lowest BCUT2D eigenvalue weighted by molar-refractivity contribution is 0.122. The summed E-state index contributed by atoms with van der Waals surface area (Å²) in [5.41, 5.74) is 5.07. The Hall–Kier alpha value is -2.20. The SMILES string of the molecule is CCNC(=NCc1ccccc1N1CCOCC1)N1CCc2cc(OC)c(OC)cc2C1.I. The number of hydrogen-bond acceptors (Lipinski definition) is 5. The highest BCUT2D eigenvalue weighted by Crippen LogP contribution is 2.33. The molecule has 33 heavy (non-hydrogen) atoms. The third kappa shape index (κ3) is 6.03. The Bertz CT molecular complexity index is 947. The van der Waals surface area contributed by atoms with Crippen molar-refractivity contribution in [2.24, 2.45) is 4.99 Å². The van der Waals surface area contributed by atoms with Crippen molar-refractivity contribution in [3.63, 3.8) is 0 Å². The van der Waals surface area contributed by atoms with Crippen molar-refractivity contribution in [3.05, 3.63) is 53.1 Å². The number of benzene rings is 2. The van der Waals surface area contributed by atoms with Gasteiger partial charge in [-0.1, -0.05) is 18.2 Å². The molecule has 7 nitrogen and oxygen atoms in total. The van der Waals surface area contributed by atoms with Crippen LogP contribution in [0.1, 0.15) is 23.6 Å². The standard InChI is InChI=1S/C25H34N4O3.HI/c1-4-26-25(27-17-20-7-5-6-8-22(20)28-11-13-32-14-12-28)29-10-9-19-15-23(30-2)24(31-3)16-21(19)18-29;/h5-8,15-16H,4,9-14,17-18H2,1-3H3,(H,26,27);1H. The fourth-order valence-corrected chi connectivity index (χ4v) is 4.41. The van der Waals surface area contributed by atoms with Gasteiger partial charge in [0.15, 0.2) is 17.5 Å². The zero-order chi connectivity index (χ0) is 22.3. The van der Waals surface area contributed by atoms with Crippen LogP contribution in [-0.4, -0.2) is 64.5 Å². The van der Waals surface area contributed by atoms with Crippen molar-refractivity contribution in [3.8, 4) is 11.5 Å². The molecule has 1 N–H and O–H groups in total. The smallest absolute Gasteiger partial charge is 0.194 e. The van der Waals surface area contributed by atoms with E-state index in [1.807, 2.05) is 0 Å². The van der Waals surface area contributed by atoms with Crippen molar-refractivity contribution in [1.82, 2.24) is 10.2 Å². The molecule has 0 aliphatic carbocycles. The molecule has 0 bridgehead atoms. The first-order valence-electron chi connectivity index (χ1n) is 11.4. The number of aliphatic imine (C=N–C) groups is 1. The van der Waals surface area contributed by atoms with Gasteiger partial charge in [0.1, 0.15) is 0 Å². The van der Waals surface area contributed by atoms with Crippen LogP contribution in [0.3, 0.4) is 0 Å². The number of methoxy groups -OCH3 is 2. The van der Waals surface area contributed by atoms with Crippen molar-refractivity contribution in [2.45, 2.75) is 26.4 Å². The van der Waals surface area contributed by atoms with E-state index in [4.69, 9.17) is 19.2 Å². The molecule has 2 aliphatic heterocycles. The summed E-state index contributed by atoms with van der Waals surface area (Å²) in [7, 11) is 3.37. The van der Waals surface area contributed by atoms with Crippen LogP contribution in [0.2, 0.25) is 0 Å². The first kappa shape index (κ1) is 25.4. The van der Waals surface area contributed by atoms with Crippen LogP contribution in [0.5, 0.6) is 11.5 Å². The maximum absolute atomic E-state index is 5.53. The van der Waals surface area contributed by atoms with E-state index in [0.29, 0.717) is 6.54 Å². The van der Waals surface area contributed by atoms with Gasteiger partial charge in [-0.25, -0.2) is 4.99 Å². The number of fused-ring (bicyclic) bond motifs is 1. The van der Waals surface area contributed by atoms with E-state index in [-0.39, 0.29) is 24.0 Å². The van der Waals surface area contributed by atoms with Gasteiger partial charge in [-0.15, -0.1) is 24.0 Å². The molecular formula is C25H35IN4O3. The summed E-state index contributed by atoms with van der Waals surface area (Å²) in [6.07, 6.45) is 0.949. The zero-order valence-electron chi connectivity index (χ0n) is 19.8. The van der Waals surface area contributed by atoms with Crippen LogP contribution < -0.4 is 19.7 Å². The second-order valence-electron chi connectivity index (χ2n) is 8.05. The molecule has 2 aromatic carbocycles. The molecule has 2 aliphatic rings. The molecule has 0 amide bonds. The number of ether oxygens (including phenoxy) is 3. The molecule has 0 aromatic heterocycles. The molecule has 0 radical (unpaired) electrons. The predicted molar refractivity (Wildman–Crippen MR) is 143 cm³/mol. The summed E-state index contributed by atoms with van der Waals surface area (Å²) in [4.78, 5) is 9.76.